The van der Waals surface area contributed by atoms with E-state index in [1.54, 1.807) is 6.92 Å². The summed E-state index contributed by atoms with van der Waals surface area (Å²) < 4.78 is 0. The Morgan fingerprint density at radius 2 is 1.60 bits per heavy atom. The maximum absolute atomic E-state index is 11.5. The molecule has 0 aromatic heterocycles. The number of rotatable bonds is 3. The number of hydrogen-bond acceptors (Lipinski definition) is 4. The van der Waals surface area contributed by atoms with Gasteiger partial charge >= 0.3 is 0 Å². The van der Waals surface area contributed by atoms with Crippen LogP contribution in [0.3, 0.4) is 0 Å². The molecule has 6 heteroatoms. The van der Waals surface area contributed by atoms with Gasteiger partial charge in [0.2, 0.25) is 11.8 Å². The lowest BCUT2D eigenvalue weighted by atomic mass is 9.96. The van der Waals surface area contributed by atoms with Gasteiger partial charge in [-0.1, -0.05) is 0 Å². The van der Waals surface area contributed by atoms with E-state index in [4.69, 9.17) is 5.73 Å². The van der Waals surface area contributed by atoms with Gasteiger partial charge in [0.1, 0.15) is 0 Å². The Hall–Kier alpha value is -1.14. The predicted molar refractivity (Wildman–Crippen MR) is 77.1 cm³/mol. The number of carbonyl (C=O) groups is 2. The fraction of sp³-hybridized carbons (Fsp3) is 0.857. The molecule has 2 aliphatic heterocycles. The third-order valence-electron chi connectivity index (χ3n) is 4.48. The molecule has 2 heterocycles. The second kappa shape index (κ2) is 7.04. The summed E-state index contributed by atoms with van der Waals surface area (Å²) in [7, 11) is 0. The molecule has 6 nitrogen and oxygen atoms in total. The van der Waals surface area contributed by atoms with E-state index in [1.807, 2.05) is 9.80 Å². The van der Waals surface area contributed by atoms with Gasteiger partial charge in [0.05, 0.1) is 6.54 Å². The Balaban J connectivity index is 1.69. The number of amides is 2. The van der Waals surface area contributed by atoms with Gasteiger partial charge < -0.3 is 15.5 Å². The van der Waals surface area contributed by atoms with Crippen LogP contribution in [0.1, 0.15) is 19.8 Å². The molecule has 2 N–H and O–H groups in total. The van der Waals surface area contributed by atoms with Crippen LogP contribution in [-0.2, 0) is 9.59 Å². The van der Waals surface area contributed by atoms with Crippen molar-refractivity contribution in [3.8, 4) is 0 Å². The van der Waals surface area contributed by atoms with Crippen LogP contribution in [0.25, 0.3) is 0 Å². The average molecular weight is 282 g/mol. The molecule has 0 saturated carbocycles. The van der Waals surface area contributed by atoms with Crippen LogP contribution in [0.2, 0.25) is 0 Å². The zero-order valence-corrected chi connectivity index (χ0v) is 12.4. The van der Waals surface area contributed by atoms with Crippen molar-refractivity contribution in [2.45, 2.75) is 19.8 Å². The summed E-state index contributed by atoms with van der Waals surface area (Å²) in [5.41, 5.74) is 5.39. The van der Waals surface area contributed by atoms with Crippen molar-refractivity contribution in [3.05, 3.63) is 0 Å². The Bertz CT molecular complexity index is 345. The monoisotopic (exact) mass is 282 g/mol. The summed E-state index contributed by atoms with van der Waals surface area (Å²) >= 11 is 0. The van der Waals surface area contributed by atoms with Gasteiger partial charge in [-0.15, -0.1) is 0 Å². The summed E-state index contributed by atoms with van der Waals surface area (Å²) in [6.07, 6.45) is 2.14. The first-order valence-electron chi connectivity index (χ1n) is 7.56. The van der Waals surface area contributed by atoms with E-state index < -0.39 is 0 Å². The van der Waals surface area contributed by atoms with Crippen LogP contribution in [0.4, 0.5) is 0 Å². The van der Waals surface area contributed by atoms with Gasteiger partial charge in [0.25, 0.3) is 0 Å². The van der Waals surface area contributed by atoms with Crippen LogP contribution in [-0.4, -0.2) is 78.9 Å². The highest BCUT2D eigenvalue weighted by Crippen LogP contribution is 2.19. The standard InChI is InChI=1S/C14H26N4O2/c1-12(19)17-8-6-16(7-9-17)11-13-2-4-18(5-3-13)14(20)10-15/h13H,2-11,15H2,1H3. The molecule has 2 saturated heterocycles. The van der Waals surface area contributed by atoms with Crippen molar-refractivity contribution in [2.24, 2.45) is 11.7 Å². The van der Waals surface area contributed by atoms with Crippen LogP contribution in [0.5, 0.6) is 0 Å². The van der Waals surface area contributed by atoms with Crippen molar-refractivity contribution < 1.29 is 9.59 Å². The zero-order chi connectivity index (χ0) is 14.5. The number of nitrogens with two attached hydrogens (primary N) is 1. The smallest absolute Gasteiger partial charge is 0.236 e. The lowest BCUT2D eigenvalue weighted by molar-refractivity contribution is -0.131. The third kappa shape index (κ3) is 3.93. The normalized spacial score (nSPS) is 22.1. The van der Waals surface area contributed by atoms with E-state index >= 15 is 0 Å². The van der Waals surface area contributed by atoms with Crippen molar-refractivity contribution >= 4 is 11.8 Å². The van der Waals surface area contributed by atoms with Gasteiger partial charge in [-0.05, 0) is 18.8 Å². The fourth-order valence-corrected chi connectivity index (χ4v) is 3.10. The van der Waals surface area contributed by atoms with Crippen LogP contribution in [0.15, 0.2) is 0 Å². The molecule has 0 aliphatic carbocycles. The van der Waals surface area contributed by atoms with E-state index in [0.717, 1.165) is 58.7 Å². The number of hydrogen-bond donors (Lipinski definition) is 1. The van der Waals surface area contributed by atoms with Crippen molar-refractivity contribution in [3.63, 3.8) is 0 Å². The Labute approximate surface area is 120 Å². The maximum Gasteiger partial charge on any atom is 0.236 e. The highest BCUT2D eigenvalue weighted by atomic mass is 16.2. The topological polar surface area (TPSA) is 69.9 Å². The number of piperidine rings is 1. The van der Waals surface area contributed by atoms with Gasteiger partial charge in [-0.25, -0.2) is 0 Å². The number of likely N-dealkylation sites (tertiary alicyclic amines) is 1. The molecule has 2 amide bonds. The summed E-state index contributed by atoms with van der Waals surface area (Å²) in [4.78, 5) is 29.0. The first kappa shape index (κ1) is 15.3. The molecule has 2 rings (SSSR count). The fourth-order valence-electron chi connectivity index (χ4n) is 3.10. The quantitative estimate of drug-likeness (QED) is 0.747. The number of nitrogens with zero attached hydrogens (tertiary/aromatic N) is 3. The minimum atomic E-state index is 0.0681. The summed E-state index contributed by atoms with van der Waals surface area (Å²) in [6.45, 7) is 8.18. The molecule has 0 radical (unpaired) electrons. The molecular weight excluding hydrogens is 256 g/mol. The van der Waals surface area contributed by atoms with E-state index in [9.17, 15) is 9.59 Å². The van der Waals surface area contributed by atoms with Crippen LogP contribution < -0.4 is 5.73 Å². The van der Waals surface area contributed by atoms with Gasteiger partial charge in [0, 0.05) is 52.7 Å². The van der Waals surface area contributed by atoms with E-state index in [2.05, 4.69) is 4.90 Å². The first-order chi connectivity index (χ1) is 9.60. The molecule has 114 valence electrons. The lowest BCUT2D eigenvalue weighted by Gasteiger charge is -2.38. The number of piperazine rings is 1. The molecule has 20 heavy (non-hydrogen) atoms. The Morgan fingerprint density at radius 1 is 1.00 bits per heavy atom. The maximum atomic E-state index is 11.5. The van der Waals surface area contributed by atoms with Gasteiger partial charge in [-0.2, -0.15) is 0 Å². The minimum absolute atomic E-state index is 0.0681. The predicted octanol–water partition coefficient (Wildman–Crippen LogP) is -0.652. The highest BCUT2D eigenvalue weighted by Gasteiger charge is 2.25. The van der Waals surface area contributed by atoms with Crippen molar-refractivity contribution in [1.82, 2.24) is 14.7 Å². The Kier molecular flexibility index (Phi) is 5.37. The molecule has 0 aromatic rings. The molecular formula is C14H26N4O2. The number of carbonyl (C=O) groups excluding carboxylic acids is 2. The molecule has 0 atom stereocenters. The van der Waals surface area contributed by atoms with E-state index in [0.29, 0.717) is 5.92 Å². The molecule has 0 spiro atoms. The van der Waals surface area contributed by atoms with Gasteiger partial charge in [-0.3, -0.25) is 14.5 Å². The molecule has 2 fully saturated rings. The molecule has 0 bridgehead atoms. The second-order valence-electron chi connectivity index (χ2n) is 5.83. The van der Waals surface area contributed by atoms with Crippen LogP contribution in [0, 0.1) is 5.92 Å². The molecule has 0 unspecified atom stereocenters. The lowest BCUT2D eigenvalue weighted by Crippen LogP contribution is -2.50. The van der Waals surface area contributed by atoms with Gasteiger partial charge in [0.15, 0.2) is 0 Å². The zero-order valence-electron chi connectivity index (χ0n) is 12.4. The summed E-state index contributed by atoms with van der Waals surface area (Å²) in [5.74, 6) is 0.914. The first-order valence-corrected chi connectivity index (χ1v) is 7.56. The Morgan fingerprint density at radius 3 is 2.10 bits per heavy atom. The van der Waals surface area contributed by atoms with E-state index in [1.165, 1.54) is 0 Å². The van der Waals surface area contributed by atoms with Crippen molar-refractivity contribution in [1.29, 1.82) is 0 Å². The summed E-state index contributed by atoms with van der Waals surface area (Å²) in [6, 6.07) is 0. The van der Waals surface area contributed by atoms with Crippen molar-refractivity contribution in [2.75, 3.05) is 52.4 Å². The molecule has 2 aliphatic rings. The second-order valence-corrected chi connectivity index (χ2v) is 5.83. The summed E-state index contributed by atoms with van der Waals surface area (Å²) in [5, 5.41) is 0. The highest BCUT2D eigenvalue weighted by molar-refractivity contribution is 5.78. The SMILES string of the molecule is CC(=O)N1CCN(CC2CCN(C(=O)CN)CC2)CC1. The average Bonchev–Trinajstić information content (AvgIpc) is 2.48. The minimum Gasteiger partial charge on any atom is -0.342 e. The third-order valence-corrected chi connectivity index (χ3v) is 4.48. The molecule has 0 aromatic carbocycles. The van der Waals surface area contributed by atoms with E-state index in [-0.39, 0.29) is 18.4 Å². The largest absolute Gasteiger partial charge is 0.342 e. The van der Waals surface area contributed by atoms with Crippen LogP contribution >= 0.6 is 0 Å².